The van der Waals surface area contributed by atoms with Crippen molar-refractivity contribution in [3.8, 4) is 5.75 Å². The van der Waals surface area contributed by atoms with E-state index < -0.39 is 10.0 Å². The number of rotatable bonds is 4. The molecule has 2 aromatic carbocycles. The lowest BCUT2D eigenvalue weighted by Crippen LogP contribution is -2.13. The summed E-state index contributed by atoms with van der Waals surface area (Å²) in [6, 6.07) is 8.92. The molecule has 0 radical (unpaired) electrons. The maximum absolute atomic E-state index is 12.3. The van der Waals surface area contributed by atoms with Gasteiger partial charge in [-0.2, -0.15) is 0 Å². The summed E-state index contributed by atoms with van der Waals surface area (Å²) in [5, 5.41) is 0.128. The molecule has 0 aromatic heterocycles. The Morgan fingerprint density at radius 3 is 2.57 bits per heavy atom. The van der Waals surface area contributed by atoms with Gasteiger partial charge in [-0.3, -0.25) is 4.72 Å². The summed E-state index contributed by atoms with van der Waals surface area (Å²) in [5.74, 6) is 0.368. The number of hydrogen-bond acceptors (Lipinski definition) is 4. The fourth-order valence-electron chi connectivity index (χ4n) is 1.68. The average Bonchev–Trinajstić information content (AvgIpc) is 2.43. The van der Waals surface area contributed by atoms with Crippen LogP contribution in [0.1, 0.15) is 0 Å². The maximum atomic E-state index is 12.3. The summed E-state index contributed by atoms with van der Waals surface area (Å²) in [6.45, 7) is 0. The largest absolute Gasteiger partial charge is 0.495 e. The third kappa shape index (κ3) is 3.34. The Morgan fingerprint density at radius 1 is 1.19 bits per heavy atom. The van der Waals surface area contributed by atoms with Crippen molar-refractivity contribution in [3.05, 3.63) is 46.4 Å². The first kappa shape index (κ1) is 15.8. The first-order chi connectivity index (χ1) is 9.85. The number of nitrogens with one attached hydrogen (secondary N) is 1. The van der Waals surface area contributed by atoms with Crippen LogP contribution in [-0.4, -0.2) is 15.5 Å². The lowest BCUT2D eigenvalue weighted by atomic mass is 10.2. The first-order valence-corrected chi connectivity index (χ1v) is 7.99. The number of hydrogen-bond donors (Lipinski definition) is 2. The van der Waals surface area contributed by atoms with Crippen molar-refractivity contribution in [2.75, 3.05) is 17.6 Å². The van der Waals surface area contributed by atoms with E-state index in [1.165, 1.54) is 43.5 Å². The van der Waals surface area contributed by atoms with Crippen molar-refractivity contribution < 1.29 is 13.2 Å². The SMILES string of the molecule is COc1cc(NS(=O)(=O)c2cccc(Cl)c2Cl)ccc1N. The number of methoxy groups -OCH3 is 1. The van der Waals surface area contributed by atoms with Crippen molar-refractivity contribution in [1.82, 2.24) is 0 Å². The van der Waals surface area contributed by atoms with Gasteiger partial charge < -0.3 is 10.5 Å². The fourth-order valence-corrected chi connectivity index (χ4v) is 3.49. The smallest absolute Gasteiger partial charge is 0.263 e. The minimum Gasteiger partial charge on any atom is -0.495 e. The summed E-state index contributed by atoms with van der Waals surface area (Å²) in [7, 11) is -2.42. The first-order valence-electron chi connectivity index (χ1n) is 5.75. The molecule has 0 spiro atoms. The van der Waals surface area contributed by atoms with E-state index in [0.29, 0.717) is 17.1 Å². The zero-order valence-electron chi connectivity index (χ0n) is 10.9. The quantitative estimate of drug-likeness (QED) is 0.831. The highest BCUT2D eigenvalue weighted by Gasteiger charge is 2.20. The number of sulfonamides is 1. The number of benzene rings is 2. The van der Waals surface area contributed by atoms with Crippen LogP contribution < -0.4 is 15.2 Å². The van der Waals surface area contributed by atoms with Gasteiger partial charge >= 0.3 is 0 Å². The lowest BCUT2D eigenvalue weighted by Gasteiger charge is -2.12. The van der Waals surface area contributed by atoms with Gasteiger partial charge in [-0.25, -0.2) is 8.42 Å². The molecule has 3 N–H and O–H groups in total. The summed E-state index contributed by atoms with van der Waals surface area (Å²) in [4.78, 5) is -0.104. The van der Waals surface area contributed by atoms with Gasteiger partial charge in [0.25, 0.3) is 10.0 Å². The average molecular weight is 347 g/mol. The summed E-state index contributed by atoms with van der Waals surface area (Å²) >= 11 is 11.8. The minimum absolute atomic E-state index is 0.0333. The highest BCUT2D eigenvalue weighted by molar-refractivity contribution is 7.92. The van der Waals surface area contributed by atoms with E-state index >= 15 is 0 Å². The van der Waals surface area contributed by atoms with Gasteiger partial charge in [0.05, 0.1) is 28.5 Å². The van der Waals surface area contributed by atoms with Crippen LogP contribution in [-0.2, 0) is 10.0 Å². The van der Waals surface area contributed by atoms with Gasteiger partial charge in [0.2, 0.25) is 0 Å². The van der Waals surface area contributed by atoms with E-state index in [1.54, 1.807) is 0 Å². The second-order valence-corrected chi connectivity index (χ2v) is 6.55. The molecular formula is C13H12Cl2N2O3S. The van der Waals surface area contributed by atoms with Crippen LogP contribution in [0, 0.1) is 0 Å². The van der Waals surface area contributed by atoms with Crippen LogP contribution in [0.5, 0.6) is 5.75 Å². The molecule has 0 atom stereocenters. The van der Waals surface area contributed by atoms with Gasteiger partial charge in [-0.15, -0.1) is 0 Å². The van der Waals surface area contributed by atoms with Crippen molar-refractivity contribution in [3.63, 3.8) is 0 Å². The standard InChI is InChI=1S/C13H12Cl2N2O3S/c1-20-11-7-8(5-6-10(11)16)17-21(18,19)12-4-2-3-9(14)13(12)15/h2-7,17H,16H2,1H3. The summed E-state index contributed by atoms with van der Waals surface area (Å²) < 4.78 is 32.1. The molecule has 8 heteroatoms. The van der Waals surface area contributed by atoms with E-state index in [2.05, 4.69) is 4.72 Å². The lowest BCUT2D eigenvalue weighted by molar-refractivity contribution is 0.417. The molecule has 0 aliphatic rings. The zero-order chi connectivity index (χ0) is 15.6. The van der Waals surface area contributed by atoms with Crippen LogP contribution in [0.4, 0.5) is 11.4 Å². The number of nitrogen functional groups attached to an aromatic ring is 1. The zero-order valence-corrected chi connectivity index (χ0v) is 13.3. The third-order valence-corrected chi connectivity index (χ3v) is 5.05. The van der Waals surface area contributed by atoms with E-state index in [-0.39, 0.29) is 14.9 Å². The Hall–Kier alpha value is -1.63. The molecule has 0 aliphatic heterocycles. The maximum Gasteiger partial charge on any atom is 0.263 e. The Balaban J connectivity index is 2.40. The molecule has 21 heavy (non-hydrogen) atoms. The molecule has 0 bridgehead atoms. The van der Waals surface area contributed by atoms with Crippen molar-refractivity contribution in [1.29, 1.82) is 0 Å². The third-order valence-electron chi connectivity index (χ3n) is 2.69. The topological polar surface area (TPSA) is 81.4 Å². The van der Waals surface area contributed by atoms with E-state index in [1.807, 2.05) is 0 Å². The van der Waals surface area contributed by atoms with Gasteiger partial charge in [0.15, 0.2) is 0 Å². The molecule has 0 fully saturated rings. The Morgan fingerprint density at radius 2 is 1.90 bits per heavy atom. The molecule has 0 unspecified atom stereocenters. The van der Waals surface area contributed by atoms with Gasteiger partial charge in [0, 0.05) is 6.07 Å². The van der Waals surface area contributed by atoms with Gasteiger partial charge in [0.1, 0.15) is 10.6 Å². The molecule has 0 aliphatic carbocycles. The molecule has 112 valence electrons. The molecule has 2 aromatic rings. The second-order valence-electron chi connectivity index (χ2n) is 4.11. The normalized spacial score (nSPS) is 11.2. The van der Waals surface area contributed by atoms with Crippen molar-refractivity contribution >= 4 is 44.6 Å². The highest BCUT2D eigenvalue weighted by Crippen LogP contribution is 2.31. The number of ether oxygens (including phenoxy) is 1. The monoisotopic (exact) mass is 346 g/mol. The highest BCUT2D eigenvalue weighted by atomic mass is 35.5. The van der Waals surface area contributed by atoms with Crippen molar-refractivity contribution in [2.45, 2.75) is 4.90 Å². The van der Waals surface area contributed by atoms with Gasteiger partial charge in [-0.1, -0.05) is 29.3 Å². The van der Waals surface area contributed by atoms with Crippen LogP contribution in [0.3, 0.4) is 0 Å². The predicted molar refractivity (Wildman–Crippen MR) is 84.7 cm³/mol. The number of nitrogens with two attached hydrogens (primary N) is 1. The number of anilines is 2. The molecule has 0 heterocycles. The molecule has 0 saturated heterocycles. The second kappa shape index (κ2) is 6.01. The van der Waals surface area contributed by atoms with E-state index in [4.69, 9.17) is 33.7 Å². The number of halogens is 2. The molecule has 2 rings (SSSR count). The van der Waals surface area contributed by atoms with E-state index in [9.17, 15) is 8.42 Å². The summed E-state index contributed by atoms with van der Waals surface area (Å²) in [5.41, 5.74) is 6.38. The fraction of sp³-hybridized carbons (Fsp3) is 0.0769. The predicted octanol–water partition coefficient (Wildman–Crippen LogP) is 3.39. The van der Waals surface area contributed by atoms with E-state index in [0.717, 1.165) is 0 Å². The van der Waals surface area contributed by atoms with Crippen LogP contribution in [0.2, 0.25) is 10.0 Å². The molecule has 0 amide bonds. The summed E-state index contributed by atoms with van der Waals surface area (Å²) in [6.07, 6.45) is 0. The molecule has 0 saturated carbocycles. The minimum atomic E-state index is -3.87. The van der Waals surface area contributed by atoms with Gasteiger partial charge in [-0.05, 0) is 24.3 Å². The van der Waals surface area contributed by atoms with Crippen LogP contribution in [0.25, 0.3) is 0 Å². The van der Waals surface area contributed by atoms with Crippen LogP contribution >= 0.6 is 23.2 Å². The molecular weight excluding hydrogens is 335 g/mol. The molecule has 5 nitrogen and oxygen atoms in total. The van der Waals surface area contributed by atoms with Crippen molar-refractivity contribution in [2.24, 2.45) is 0 Å². The Kier molecular flexibility index (Phi) is 4.51. The Bertz CT molecular complexity index is 779. The Labute approximate surface area is 132 Å². The van der Waals surface area contributed by atoms with Crippen LogP contribution in [0.15, 0.2) is 41.3 Å².